The van der Waals surface area contributed by atoms with Crippen LogP contribution in [0.15, 0.2) is 28.9 Å². The minimum Gasteiger partial charge on any atom is -0.480 e. The molecule has 4 atom stereocenters. The number of nitrogens with two attached hydrogens (primary N) is 2. The molecular weight excluding hydrogens is 386 g/mol. The van der Waals surface area contributed by atoms with Crippen molar-refractivity contribution in [1.82, 2.24) is 25.8 Å². The quantitative estimate of drug-likeness (QED) is 0.284. The lowest BCUT2D eigenvalue weighted by atomic mass is 10.1. The number of amides is 3. The number of carbonyl (C=O) groups is 3. The Morgan fingerprint density at radius 2 is 2.00 bits per heavy atom. The summed E-state index contributed by atoms with van der Waals surface area (Å²) in [4.78, 5) is 42.7. The monoisotopic (exact) mass is 407 g/mol. The van der Waals surface area contributed by atoms with Crippen LogP contribution in [0.25, 0.3) is 0 Å². The molecule has 0 radical (unpaired) electrons. The zero-order valence-corrected chi connectivity index (χ0v) is 15.3. The van der Waals surface area contributed by atoms with E-state index in [-0.39, 0.29) is 11.7 Å². The van der Waals surface area contributed by atoms with E-state index in [0.29, 0.717) is 5.69 Å². The van der Waals surface area contributed by atoms with Crippen molar-refractivity contribution >= 4 is 17.9 Å². The van der Waals surface area contributed by atoms with Crippen molar-refractivity contribution in [2.45, 2.75) is 37.6 Å². The van der Waals surface area contributed by atoms with Gasteiger partial charge in [0.05, 0.1) is 18.2 Å². The van der Waals surface area contributed by atoms with E-state index in [1.165, 1.54) is 6.92 Å². The molecule has 13 heteroatoms. The van der Waals surface area contributed by atoms with E-state index < -0.39 is 48.6 Å². The first-order chi connectivity index (χ1) is 13.7. The average molecular weight is 407 g/mol. The van der Waals surface area contributed by atoms with Gasteiger partial charge in [-0.2, -0.15) is 4.98 Å². The second kappa shape index (κ2) is 9.57. The molecule has 0 fully saturated rings. The van der Waals surface area contributed by atoms with E-state index in [1.807, 2.05) is 0 Å². The number of hydrogen-bond acceptors (Lipinski definition) is 9. The topological polar surface area (TPSA) is 220 Å². The summed E-state index contributed by atoms with van der Waals surface area (Å²) in [5.74, 6) is -2.33. The molecule has 0 aliphatic heterocycles. The van der Waals surface area contributed by atoms with Gasteiger partial charge in [0.1, 0.15) is 12.1 Å². The third-order valence-electron chi connectivity index (χ3n) is 3.79. The Kier molecular flexibility index (Phi) is 7.16. The highest BCUT2D eigenvalue weighted by atomic mass is 16.5. The summed E-state index contributed by atoms with van der Waals surface area (Å²) in [6.45, 7) is 1.20. The molecule has 8 N–H and O–H groups in total. The van der Waals surface area contributed by atoms with Gasteiger partial charge in [0.2, 0.25) is 11.8 Å². The van der Waals surface area contributed by atoms with Crippen molar-refractivity contribution < 1.29 is 29.1 Å². The molecule has 13 nitrogen and oxygen atoms in total. The minimum atomic E-state index is -1.57. The van der Waals surface area contributed by atoms with Crippen molar-refractivity contribution in [3.05, 3.63) is 41.8 Å². The first kappa shape index (κ1) is 21.7. The maximum Gasteiger partial charge on any atom is 0.328 e. The fourth-order valence-electron chi connectivity index (χ4n) is 2.34. The summed E-state index contributed by atoms with van der Waals surface area (Å²) < 4.78 is 5.09. The Hall–Kier alpha value is -3.58. The Morgan fingerprint density at radius 1 is 1.28 bits per heavy atom. The van der Waals surface area contributed by atoms with E-state index in [4.69, 9.17) is 21.1 Å². The van der Waals surface area contributed by atoms with Crippen LogP contribution in [0.5, 0.6) is 0 Å². The number of aliphatic hydroxyl groups is 1. The molecule has 0 aromatic carbocycles. The van der Waals surface area contributed by atoms with Crippen LogP contribution in [-0.4, -0.2) is 55.4 Å². The van der Waals surface area contributed by atoms with Gasteiger partial charge in [-0.1, -0.05) is 11.2 Å². The zero-order valence-electron chi connectivity index (χ0n) is 15.3. The van der Waals surface area contributed by atoms with E-state index in [2.05, 4.69) is 25.8 Å². The smallest absolute Gasteiger partial charge is 0.328 e. The minimum absolute atomic E-state index is 0.0581. The molecule has 0 aliphatic carbocycles. The van der Waals surface area contributed by atoms with Gasteiger partial charge >= 0.3 is 12.0 Å². The van der Waals surface area contributed by atoms with Gasteiger partial charge in [0.25, 0.3) is 0 Å². The first-order valence-corrected chi connectivity index (χ1v) is 8.45. The first-order valence-electron chi connectivity index (χ1n) is 8.45. The van der Waals surface area contributed by atoms with Crippen LogP contribution in [0.2, 0.25) is 0 Å². The number of carboxylic acid groups (broad SMARTS) is 1. The Morgan fingerprint density at radius 3 is 2.55 bits per heavy atom. The van der Waals surface area contributed by atoms with Crippen molar-refractivity contribution in [1.29, 1.82) is 0 Å². The second-order valence-electron chi connectivity index (χ2n) is 6.12. The predicted molar refractivity (Wildman–Crippen MR) is 95.9 cm³/mol. The Bertz CT molecular complexity index is 856. The van der Waals surface area contributed by atoms with E-state index >= 15 is 0 Å². The number of hydrogen-bond donors (Lipinski definition) is 6. The number of nitrogens with one attached hydrogen (secondary N) is 2. The number of aliphatic hydroxyl groups excluding tert-OH is 1. The number of carboxylic acids is 1. The number of aromatic nitrogens is 3. The Labute approximate surface area is 164 Å². The number of nitrogens with zero attached hydrogens (tertiary/aromatic N) is 3. The fourth-order valence-corrected chi connectivity index (χ4v) is 2.34. The summed E-state index contributed by atoms with van der Waals surface area (Å²) in [5, 5.41) is 26.6. The molecule has 3 amide bonds. The Balaban J connectivity index is 2.16. The van der Waals surface area contributed by atoms with Gasteiger partial charge in [0, 0.05) is 6.20 Å². The lowest BCUT2D eigenvalue weighted by Crippen LogP contribution is -2.52. The number of primary amides is 1. The van der Waals surface area contributed by atoms with Gasteiger partial charge < -0.3 is 36.8 Å². The molecule has 1 unspecified atom stereocenters. The molecule has 29 heavy (non-hydrogen) atoms. The zero-order chi connectivity index (χ0) is 21.6. The molecule has 0 saturated carbocycles. The van der Waals surface area contributed by atoms with E-state index in [1.54, 1.807) is 24.4 Å². The molecule has 0 aliphatic rings. The highest BCUT2D eigenvalue weighted by molar-refractivity contribution is 5.83. The molecular formula is C16H21N7O6. The number of carbonyl (C=O) groups excluding carboxylic acids is 2. The molecule has 2 rings (SSSR count). The number of pyridine rings is 1. The summed E-state index contributed by atoms with van der Waals surface area (Å²) in [7, 11) is 0. The van der Waals surface area contributed by atoms with Gasteiger partial charge in [-0.25, -0.2) is 9.59 Å². The van der Waals surface area contributed by atoms with Crippen LogP contribution in [0.3, 0.4) is 0 Å². The molecule has 0 spiro atoms. The molecule has 2 aromatic heterocycles. The number of urea groups is 1. The van der Waals surface area contributed by atoms with Crippen molar-refractivity contribution in [2.75, 3.05) is 0 Å². The maximum absolute atomic E-state index is 12.1. The van der Waals surface area contributed by atoms with Crippen LogP contribution in [0.4, 0.5) is 4.79 Å². The van der Waals surface area contributed by atoms with Gasteiger partial charge in [-0.05, 0) is 19.1 Å². The van der Waals surface area contributed by atoms with Gasteiger partial charge in [0.15, 0.2) is 11.9 Å². The molecule has 0 saturated heterocycles. The number of rotatable bonds is 9. The van der Waals surface area contributed by atoms with Crippen molar-refractivity contribution in [3.63, 3.8) is 0 Å². The molecule has 156 valence electrons. The van der Waals surface area contributed by atoms with Gasteiger partial charge in [-0.15, -0.1) is 0 Å². The summed E-state index contributed by atoms with van der Waals surface area (Å²) in [6.07, 6.45) is -0.224. The number of aliphatic carboxylic acids is 1. The van der Waals surface area contributed by atoms with Crippen LogP contribution in [0.1, 0.15) is 42.8 Å². The third kappa shape index (κ3) is 5.95. The maximum atomic E-state index is 12.1. The normalized spacial score (nSPS) is 15.0. The van der Waals surface area contributed by atoms with Crippen LogP contribution in [-0.2, 0) is 9.59 Å². The van der Waals surface area contributed by atoms with E-state index in [0.717, 1.165) is 0 Å². The molecule has 2 aromatic rings. The predicted octanol–water partition coefficient (Wildman–Crippen LogP) is -1.44. The lowest BCUT2D eigenvalue weighted by molar-refractivity contribution is -0.141. The van der Waals surface area contributed by atoms with Gasteiger partial charge in [-0.3, -0.25) is 9.78 Å². The van der Waals surface area contributed by atoms with E-state index in [9.17, 15) is 19.5 Å². The summed E-state index contributed by atoms with van der Waals surface area (Å²) in [5.41, 5.74) is 11.7. The second-order valence-corrected chi connectivity index (χ2v) is 6.12. The van der Waals surface area contributed by atoms with Crippen LogP contribution < -0.4 is 22.1 Å². The third-order valence-corrected chi connectivity index (χ3v) is 3.79. The largest absolute Gasteiger partial charge is 0.480 e. The SMILES string of the molecule is CC(O)[C@@H](NC(=O)N[C@@H](CC(N)=O)c1nc([C@@H](N)c2ccccn2)no1)C(=O)O. The standard InChI is InChI=1S/C16H21N7O6/c1-7(24)12(15(26)27)21-16(28)20-9(6-10(17)25)14-22-13(23-29-14)11(18)8-4-2-3-5-19-8/h2-5,7,9,11-12,24H,6,18H2,1H3,(H2,17,25)(H,26,27)(H2,20,21,28)/t7?,9-,11-,12+/m0/s1. The summed E-state index contributed by atoms with van der Waals surface area (Å²) >= 11 is 0. The van der Waals surface area contributed by atoms with Crippen molar-refractivity contribution in [3.8, 4) is 0 Å². The molecule has 2 heterocycles. The van der Waals surface area contributed by atoms with Crippen LogP contribution >= 0.6 is 0 Å². The molecule has 0 bridgehead atoms. The van der Waals surface area contributed by atoms with Crippen molar-refractivity contribution in [2.24, 2.45) is 11.5 Å². The lowest BCUT2D eigenvalue weighted by Gasteiger charge is -2.19. The highest BCUT2D eigenvalue weighted by Gasteiger charge is 2.29. The summed E-state index contributed by atoms with van der Waals surface area (Å²) in [6, 6.07) is 0.581. The average Bonchev–Trinajstić information content (AvgIpc) is 3.15. The highest BCUT2D eigenvalue weighted by Crippen LogP contribution is 2.19. The fraction of sp³-hybridized carbons (Fsp3) is 0.375. The van der Waals surface area contributed by atoms with Crippen LogP contribution in [0, 0.1) is 0 Å².